The summed E-state index contributed by atoms with van der Waals surface area (Å²) in [4.78, 5) is 29.4. The van der Waals surface area contributed by atoms with Crippen molar-refractivity contribution < 1.29 is 27.4 Å². The van der Waals surface area contributed by atoms with E-state index in [1.54, 1.807) is 31.3 Å². The van der Waals surface area contributed by atoms with E-state index in [9.17, 15) is 22.8 Å². The summed E-state index contributed by atoms with van der Waals surface area (Å²) in [6, 6.07) is 9.21. The molecule has 1 amide bonds. The molecule has 4 rings (SSSR count). The first-order valence-electron chi connectivity index (χ1n) is 10.4. The first-order chi connectivity index (χ1) is 16.7. The zero-order valence-corrected chi connectivity index (χ0v) is 18.7. The zero-order chi connectivity index (χ0) is 25.2. The Bertz CT molecular complexity index is 1430. The highest BCUT2D eigenvalue weighted by Crippen LogP contribution is 2.37. The Morgan fingerprint density at radius 1 is 1.11 bits per heavy atom. The average molecular weight is 487 g/mol. The Morgan fingerprint density at radius 2 is 1.83 bits per heavy atom. The lowest BCUT2D eigenvalue weighted by Gasteiger charge is -2.16. The molecular formula is C23H20F3N5O4. The van der Waals surface area contributed by atoms with Gasteiger partial charge in [-0.3, -0.25) is 18.8 Å². The summed E-state index contributed by atoms with van der Waals surface area (Å²) >= 11 is 0. The normalized spacial score (nSPS) is 11.5. The van der Waals surface area contributed by atoms with Gasteiger partial charge >= 0.3 is 6.18 Å². The van der Waals surface area contributed by atoms with Gasteiger partial charge in [0.2, 0.25) is 5.91 Å². The number of aryl methyl sites for hydroxylation is 1. The Morgan fingerprint density at radius 3 is 2.51 bits per heavy atom. The number of rotatable bonds is 7. The molecule has 1 N–H and O–H groups in total. The third-order valence-corrected chi connectivity index (χ3v) is 4.98. The second-order valence-corrected chi connectivity index (χ2v) is 7.45. The van der Waals surface area contributed by atoms with Crippen LogP contribution in [0.25, 0.3) is 11.0 Å². The summed E-state index contributed by atoms with van der Waals surface area (Å²) in [5.41, 5.74) is -1.34. The summed E-state index contributed by atoms with van der Waals surface area (Å²) in [6.45, 7) is 1.83. The van der Waals surface area contributed by atoms with Crippen LogP contribution in [0.2, 0.25) is 0 Å². The maximum atomic E-state index is 13.3. The van der Waals surface area contributed by atoms with Gasteiger partial charge in [-0.2, -0.15) is 18.3 Å². The largest absolute Gasteiger partial charge is 0.494 e. The molecule has 0 bridgehead atoms. The maximum Gasteiger partial charge on any atom is 0.416 e. The third-order valence-electron chi connectivity index (χ3n) is 4.98. The topological polar surface area (TPSA) is 100 Å². The number of benzene rings is 2. The number of aromatic nitrogens is 4. The fraction of sp³-hybridized carbons (Fsp3) is 0.217. The lowest BCUT2D eigenvalue weighted by molar-refractivity contribution is -0.137. The maximum absolute atomic E-state index is 13.3. The summed E-state index contributed by atoms with van der Waals surface area (Å²) in [7, 11) is 1.62. The molecule has 0 unspecified atom stereocenters. The SMILES string of the molecule is CCOc1ccc(Oc2ccc(C(F)(F)F)cc2NC(=O)Cn2cnc3c(cnn3C)c2=O)cc1. The minimum absolute atomic E-state index is 0.0105. The highest BCUT2D eigenvalue weighted by Gasteiger charge is 2.31. The first kappa shape index (κ1) is 23.8. The van der Waals surface area contributed by atoms with Crippen LogP contribution in [0.5, 0.6) is 17.2 Å². The van der Waals surface area contributed by atoms with Crippen LogP contribution in [-0.2, 0) is 24.6 Å². The van der Waals surface area contributed by atoms with E-state index in [1.807, 2.05) is 6.92 Å². The molecule has 0 saturated heterocycles. The molecule has 2 heterocycles. The number of carbonyl (C=O) groups excluding carboxylic acids is 1. The van der Waals surface area contributed by atoms with Crippen LogP contribution in [-0.4, -0.2) is 31.8 Å². The molecular weight excluding hydrogens is 467 g/mol. The monoisotopic (exact) mass is 487 g/mol. The molecule has 2 aromatic heterocycles. The Kier molecular flexibility index (Phi) is 6.45. The number of alkyl halides is 3. The molecule has 0 fully saturated rings. The lowest BCUT2D eigenvalue weighted by atomic mass is 10.1. The molecule has 182 valence electrons. The Balaban J connectivity index is 1.59. The van der Waals surface area contributed by atoms with Crippen LogP contribution in [0, 0.1) is 0 Å². The molecule has 0 spiro atoms. The predicted molar refractivity (Wildman–Crippen MR) is 121 cm³/mol. The van der Waals surface area contributed by atoms with Crippen LogP contribution in [0.15, 0.2) is 59.8 Å². The second-order valence-electron chi connectivity index (χ2n) is 7.45. The summed E-state index contributed by atoms with van der Waals surface area (Å²) in [6.07, 6.45) is -2.13. The van der Waals surface area contributed by atoms with E-state index in [4.69, 9.17) is 9.47 Å². The molecule has 0 aliphatic heterocycles. The van der Waals surface area contributed by atoms with Crippen molar-refractivity contribution in [2.24, 2.45) is 7.05 Å². The van der Waals surface area contributed by atoms with Crippen LogP contribution in [0.1, 0.15) is 12.5 Å². The number of halogens is 3. The van der Waals surface area contributed by atoms with Gasteiger partial charge in [-0.05, 0) is 49.4 Å². The van der Waals surface area contributed by atoms with Gasteiger partial charge in [0.25, 0.3) is 5.56 Å². The summed E-state index contributed by atoms with van der Waals surface area (Å²) in [5, 5.41) is 6.57. The van der Waals surface area contributed by atoms with Gasteiger partial charge in [0.05, 0.1) is 24.1 Å². The van der Waals surface area contributed by atoms with Gasteiger partial charge in [-0.1, -0.05) is 0 Å². The number of ether oxygens (including phenoxy) is 2. The van der Waals surface area contributed by atoms with E-state index < -0.39 is 29.8 Å². The van der Waals surface area contributed by atoms with Crippen molar-refractivity contribution in [3.05, 3.63) is 70.9 Å². The number of hydrogen-bond acceptors (Lipinski definition) is 6. The number of amides is 1. The zero-order valence-electron chi connectivity index (χ0n) is 18.7. The highest BCUT2D eigenvalue weighted by atomic mass is 19.4. The molecule has 0 aliphatic rings. The molecule has 0 aliphatic carbocycles. The van der Waals surface area contributed by atoms with E-state index in [0.717, 1.165) is 22.8 Å². The lowest BCUT2D eigenvalue weighted by Crippen LogP contribution is -2.28. The van der Waals surface area contributed by atoms with E-state index >= 15 is 0 Å². The molecule has 35 heavy (non-hydrogen) atoms. The van der Waals surface area contributed by atoms with E-state index in [2.05, 4.69) is 15.4 Å². The van der Waals surface area contributed by atoms with Gasteiger partial charge in [0, 0.05) is 7.05 Å². The Labute approximate surface area is 196 Å². The van der Waals surface area contributed by atoms with Crippen molar-refractivity contribution in [2.75, 3.05) is 11.9 Å². The van der Waals surface area contributed by atoms with Crippen molar-refractivity contribution in [1.82, 2.24) is 19.3 Å². The number of nitrogens with one attached hydrogen (secondary N) is 1. The quantitative estimate of drug-likeness (QED) is 0.423. The standard InChI is InChI=1S/C23H20F3N5O4/c1-3-34-15-5-7-16(8-6-15)35-19-9-4-14(23(24,25)26)10-18(19)29-20(32)12-31-13-27-21-17(22(31)33)11-28-30(21)2/h4-11,13H,3,12H2,1-2H3,(H,29,32). The average Bonchev–Trinajstić information content (AvgIpc) is 3.19. The van der Waals surface area contributed by atoms with Crippen molar-refractivity contribution in [3.63, 3.8) is 0 Å². The molecule has 9 nitrogen and oxygen atoms in total. The minimum Gasteiger partial charge on any atom is -0.494 e. The van der Waals surface area contributed by atoms with Crippen LogP contribution >= 0.6 is 0 Å². The second kappa shape index (κ2) is 9.49. The molecule has 0 saturated carbocycles. The van der Waals surface area contributed by atoms with E-state index in [1.165, 1.54) is 17.2 Å². The fourth-order valence-corrected chi connectivity index (χ4v) is 3.31. The molecule has 2 aromatic carbocycles. The predicted octanol–water partition coefficient (Wildman–Crippen LogP) is 3.98. The van der Waals surface area contributed by atoms with Gasteiger partial charge in [-0.25, -0.2) is 4.98 Å². The van der Waals surface area contributed by atoms with Crippen LogP contribution < -0.4 is 20.3 Å². The fourth-order valence-electron chi connectivity index (χ4n) is 3.31. The van der Waals surface area contributed by atoms with Gasteiger partial charge in [0.1, 0.15) is 29.8 Å². The van der Waals surface area contributed by atoms with Crippen molar-refractivity contribution >= 4 is 22.6 Å². The minimum atomic E-state index is -4.64. The number of fused-ring (bicyclic) bond motifs is 1. The Hall–Kier alpha value is -4.35. The van der Waals surface area contributed by atoms with Crippen molar-refractivity contribution in [1.29, 1.82) is 0 Å². The summed E-state index contributed by atoms with van der Waals surface area (Å²) in [5.74, 6) is 0.174. The highest BCUT2D eigenvalue weighted by molar-refractivity contribution is 5.92. The van der Waals surface area contributed by atoms with Crippen LogP contribution in [0.3, 0.4) is 0 Å². The molecule has 0 radical (unpaired) electrons. The first-order valence-corrected chi connectivity index (χ1v) is 10.4. The number of nitrogens with zero attached hydrogens (tertiary/aromatic N) is 4. The molecule has 0 atom stereocenters. The van der Waals surface area contributed by atoms with Gasteiger partial charge in [-0.15, -0.1) is 0 Å². The molecule has 4 aromatic rings. The number of anilines is 1. The molecule has 12 heteroatoms. The van der Waals surface area contributed by atoms with E-state index in [0.29, 0.717) is 23.8 Å². The van der Waals surface area contributed by atoms with E-state index in [-0.39, 0.29) is 16.8 Å². The number of hydrogen-bond donors (Lipinski definition) is 1. The third kappa shape index (κ3) is 5.26. The smallest absolute Gasteiger partial charge is 0.416 e. The van der Waals surface area contributed by atoms with Gasteiger partial charge < -0.3 is 14.8 Å². The van der Waals surface area contributed by atoms with Crippen LogP contribution in [0.4, 0.5) is 18.9 Å². The van der Waals surface area contributed by atoms with Crippen molar-refractivity contribution in [2.45, 2.75) is 19.6 Å². The number of carbonyl (C=O) groups is 1. The van der Waals surface area contributed by atoms with Gasteiger partial charge in [0.15, 0.2) is 11.4 Å². The van der Waals surface area contributed by atoms with Crippen molar-refractivity contribution in [3.8, 4) is 17.2 Å². The summed E-state index contributed by atoms with van der Waals surface area (Å²) < 4.78 is 53.4.